The maximum Gasteiger partial charge on any atom is 0.391 e. The van der Waals surface area contributed by atoms with Crippen molar-refractivity contribution in [3.63, 3.8) is 0 Å². The number of hydrogen-bond donors (Lipinski definition) is 1. The van der Waals surface area contributed by atoms with Crippen LogP contribution in [0.5, 0.6) is 0 Å². The van der Waals surface area contributed by atoms with E-state index in [0.29, 0.717) is 12.8 Å². The van der Waals surface area contributed by atoms with Crippen molar-refractivity contribution in [3.8, 4) is 0 Å². The number of carbonyl (C=O) groups excluding carboxylic acids is 1. The van der Waals surface area contributed by atoms with Crippen molar-refractivity contribution >= 4 is 5.91 Å². The molecule has 1 aromatic rings. The fourth-order valence-electron chi connectivity index (χ4n) is 3.13. The first-order valence-corrected chi connectivity index (χ1v) is 7.53. The van der Waals surface area contributed by atoms with Crippen molar-refractivity contribution in [1.82, 2.24) is 15.1 Å². The molecule has 2 atom stereocenters. The molecule has 1 saturated carbocycles. The standard InChI is InChI=1S/C15H22F3N3O/c1-9-13(10(2)21(3)20-9)8-14(22)19-12-6-4-5-11(7-12)15(16,17)18/h11-12H,4-8H2,1-3H3,(H,19,22). The molecular formula is C15H22F3N3O. The van der Waals surface area contributed by atoms with Crippen molar-refractivity contribution in [3.05, 3.63) is 17.0 Å². The number of amides is 1. The summed E-state index contributed by atoms with van der Waals surface area (Å²) in [4.78, 5) is 12.1. The zero-order valence-corrected chi connectivity index (χ0v) is 13.1. The lowest BCUT2D eigenvalue weighted by molar-refractivity contribution is -0.184. The molecule has 2 rings (SSSR count). The highest BCUT2D eigenvalue weighted by Crippen LogP contribution is 2.37. The van der Waals surface area contributed by atoms with E-state index in [2.05, 4.69) is 10.4 Å². The van der Waals surface area contributed by atoms with Gasteiger partial charge in [0.15, 0.2) is 0 Å². The van der Waals surface area contributed by atoms with Gasteiger partial charge in [-0.05, 0) is 33.1 Å². The zero-order valence-electron chi connectivity index (χ0n) is 13.1. The third kappa shape index (κ3) is 3.81. The van der Waals surface area contributed by atoms with Crippen molar-refractivity contribution in [2.24, 2.45) is 13.0 Å². The van der Waals surface area contributed by atoms with Crippen molar-refractivity contribution < 1.29 is 18.0 Å². The van der Waals surface area contributed by atoms with Crippen LogP contribution in [0.1, 0.15) is 42.6 Å². The van der Waals surface area contributed by atoms with Gasteiger partial charge in [-0.25, -0.2) is 0 Å². The third-order valence-corrected chi connectivity index (χ3v) is 4.50. The summed E-state index contributed by atoms with van der Waals surface area (Å²) in [5, 5.41) is 7.00. The minimum atomic E-state index is -4.17. The van der Waals surface area contributed by atoms with Gasteiger partial charge >= 0.3 is 6.18 Å². The maximum absolute atomic E-state index is 12.8. The molecule has 7 heteroatoms. The summed E-state index contributed by atoms with van der Waals surface area (Å²) >= 11 is 0. The number of nitrogens with zero attached hydrogens (tertiary/aromatic N) is 2. The van der Waals surface area contributed by atoms with E-state index in [0.717, 1.165) is 17.0 Å². The summed E-state index contributed by atoms with van der Waals surface area (Å²) in [6.45, 7) is 3.71. The molecule has 4 nitrogen and oxygen atoms in total. The molecule has 2 unspecified atom stereocenters. The van der Waals surface area contributed by atoms with E-state index in [9.17, 15) is 18.0 Å². The Morgan fingerprint density at radius 3 is 2.59 bits per heavy atom. The summed E-state index contributed by atoms with van der Waals surface area (Å²) in [5.41, 5.74) is 2.54. The van der Waals surface area contributed by atoms with Gasteiger partial charge in [0.2, 0.25) is 5.91 Å². The minimum Gasteiger partial charge on any atom is -0.353 e. The van der Waals surface area contributed by atoms with Gasteiger partial charge in [-0.2, -0.15) is 18.3 Å². The van der Waals surface area contributed by atoms with E-state index in [1.807, 2.05) is 13.8 Å². The summed E-state index contributed by atoms with van der Waals surface area (Å²) in [6.07, 6.45) is -2.74. The van der Waals surface area contributed by atoms with E-state index in [-0.39, 0.29) is 31.2 Å². The topological polar surface area (TPSA) is 46.9 Å². The van der Waals surface area contributed by atoms with Crippen molar-refractivity contribution in [1.29, 1.82) is 0 Å². The van der Waals surface area contributed by atoms with E-state index >= 15 is 0 Å². The molecule has 0 radical (unpaired) electrons. The van der Waals surface area contributed by atoms with Crippen LogP contribution < -0.4 is 5.32 Å². The Morgan fingerprint density at radius 2 is 2.05 bits per heavy atom. The Balaban J connectivity index is 1.94. The fourth-order valence-corrected chi connectivity index (χ4v) is 3.13. The molecule has 0 aromatic carbocycles. The van der Waals surface area contributed by atoms with Crippen LogP contribution in [0, 0.1) is 19.8 Å². The molecule has 124 valence electrons. The molecule has 0 aliphatic heterocycles. The van der Waals surface area contributed by atoms with Crippen LogP contribution in [0.15, 0.2) is 0 Å². The normalized spacial score (nSPS) is 22.6. The monoisotopic (exact) mass is 317 g/mol. The summed E-state index contributed by atoms with van der Waals surface area (Å²) in [5.74, 6) is -1.53. The molecule has 1 fully saturated rings. The van der Waals surface area contributed by atoms with Crippen LogP contribution >= 0.6 is 0 Å². The van der Waals surface area contributed by atoms with Crippen LogP contribution in [0.25, 0.3) is 0 Å². The lowest BCUT2D eigenvalue weighted by Gasteiger charge is -2.31. The van der Waals surface area contributed by atoms with E-state index < -0.39 is 12.1 Å². The van der Waals surface area contributed by atoms with E-state index in [4.69, 9.17) is 0 Å². The van der Waals surface area contributed by atoms with Gasteiger partial charge in [0.25, 0.3) is 0 Å². The number of hydrogen-bond acceptors (Lipinski definition) is 2. The number of aryl methyl sites for hydroxylation is 2. The Bertz CT molecular complexity index is 551. The first kappa shape index (κ1) is 16.8. The third-order valence-electron chi connectivity index (χ3n) is 4.50. The molecule has 0 bridgehead atoms. The molecule has 1 heterocycles. The lowest BCUT2D eigenvalue weighted by Crippen LogP contribution is -2.42. The molecule has 0 spiro atoms. The fraction of sp³-hybridized carbons (Fsp3) is 0.733. The highest BCUT2D eigenvalue weighted by molar-refractivity contribution is 5.79. The Hall–Kier alpha value is -1.53. The number of carbonyl (C=O) groups is 1. The molecular weight excluding hydrogens is 295 g/mol. The van der Waals surface area contributed by atoms with Gasteiger partial charge in [0, 0.05) is 24.3 Å². The highest BCUT2D eigenvalue weighted by Gasteiger charge is 2.42. The average molecular weight is 317 g/mol. The summed E-state index contributed by atoms with van der Waals surface area (Å²) in [7, 11) is 1.80. The number of aromatic nitrogens is 2. The second-order valence-corrected chi connectivity index (χ2v) is 6.12. The second kappa shape index (κ2) is 6.30. The molecule has 1 aliphatic rings. The molecule has 1 aliphatic carbocycles. The molecule has 1 amide bonds. The van der Waals surface area contributed by atoms with Crippen LogP contribution in [-0.2, 0) is 18.3 Å². The Labute approximate surface area is 128 Å². The zero-order chi connectivity index (χ0) is 16.5. The predicted molar refractivity (Wildman–Crippen MR) is 76.3 cm³/mol. The summed E-state index contributed by atoms with van der Waals surface area (Å²) < 4.78 is 40.1. The first-order valence-electron chi connectivity index (χ1n) is 7.53. The number of halogens is 3. The van der Waals surface area contributed by atoms with Gasteiger partial charge in [-0.3, -0.25) is 9.48 Å². The van der Waals surface area contributed by atoms with Crippen LogP contribution in [-0.4, -0.2) is 27.9 Å². The minimum absolute atomic E-state index is 0.0136. The largest absolute Gasteiger partial charge is 0.391 e. The van der Waals surface area contributed by atoms with Crippen LogP contribution in [0.2, 0.25) is 0 Å². The van der Waals surface area contributed by atoms with Gasteiger partial charge in [-0.1, -0.05) is 6.42 Å². The number of alkyl halides is 3. The number of nitrogens with one attached hydrogen (secondary N) is 1. The molecule has 0 saturated heterocycles. The SMILES string of the molecule is Cc1nn(C)c(C)c1CC(=O)NC1CCCC(C(F)(F)F)C1. The Kier molecular flexibility index (Phi) is 4.82. The van der Waals surface area contributed by atoms with Crippen molar-refractivity contribution in [2.75, 3.05) is 0 Å². The number of rotatable bonds is 3. The first-order chi connectivity index (χ1) is 10.2. The van der Waals surface area contributed by atoms with Gasteiger partial charge < -0.3 is 5.32 Å². The smallest absolute Gasteiger partial charge is 0.353 e. The molecule has 1 aromatic heterocycles. The van der Waals surface area contributed by atoms with E-state index in [1.165, 1.54) is 0 Å². The second-order valence-electron chi connectivity index (χ2n) is 6.12. The maximum atomic E-state index is 12.8. The average Bonchev–Trinajstić information content (AvgIpc) is 2.65. The molecule has 22 heavy (non-hydrogen) atoms. The van der Waals surface area contributed by atoms with Crippen LogP contribution in [0.3, 0.4) is 0 Å². The predicted octanol–water partition coefficient (Wildman–Crippen LogP) is 2.82. The van der Waals surface area contributed by atoms with Gasteiger partial charge in [-0.15, -0.1) is 0 Å². The lowest BCUT2D eigenvalue weighted by atomic mass is 9.85. The Morgan fingerprint density at radius 1 is 1.36 bits per heavy atom. The quantitative estimate of drug-likeness (QED) is 0.932. The van der Waals surface area contributed by atoms with Crippen LogP contribution in [0.4, 0.5) is 13.2 Å². The summed E-state index contributed by atoms with van der Waals surface area (Å²) in [6, 6.07) is -0.384. The van der Waals surface area contributed by atoms with Crippen molar-refractivity contribution in [2.45, 2.75) is 58.2 Å². The molecule has 1 N–H and O–H groups in total. The van der Waals surface area contributed by atoms with Gasteiger partial charge in [0.1, 0.15) is 0 Å². The highest BCUT2D eigenvalue weighted by atomic mass is 19.4. The van der Waals surface area contributed by atoms with E-state index in [1.54, 1.807) is 11.7 Å². The van der Waals surface area contributed by atoms with Gasteiger partial charge in [0.05, 0.1) is 18.0 Å².